The van der Waals surface area contributed by atoms with Crippen molar-refractivity contribution < 1.29 is 0 Å². The van der Waals surface area contributed by atoms with Crippen molar-refractivity contribution in [2.24, 2.45) is 0 Å². The van der Waals surface area contributed by atoms with E-state index in [1.165, 1.54) is 18.5 Å². The number of pyridine rings is 1. The minimum absolute atomic E-state index is 0.525. The molecule has 0 aliphatic heterocycles. The van der Waals surface area contributed by atoms with Gasteiger partial charge in [-0.05, 0) is 36.6 Å². The van der Waals surface area contributed by atoms with Crippen LogP contribution in [-0.2, 0) is 0 Å². The van der Waals surface area contributed by atoms with Crippen molar-refractivity contribution in [3.8, 4) is 0 Å². The van der Waals surface area contributed by atoms with Crippen LogP contribution >= 0.6 is 0 Å². The highest BCUT2D eigenvalue weighted by atomic mass is 15.0. The van der Waals surface area contributed by atoms with Gasteiger partial charge in [-0.2, -0.15) is 0 Å². The first kappa shape index (κ1) is 13.7. The molecule has 21 heavy (non-hydrogen) atoms. The summed E-state index contributed by atoms with van der Waals surface area (Å²) in [6.07, 6.45) is 6.48. The highest BCUT2D eigenvalue weighted by Gasteiger charge is 2.12. The van der Waals surface area contributed by atoms with Gasteiger partial charge in [-0.1, -0.05) is 38.5 Å². The molecule has 3 rings (SSSR count). The number of anilines is 2. The van der Waals surface area contributed by atoms with Crippen LogP contribution in [0.15, 0.2) is 54.9 Å². The van der Waals surface area contributed by atoms with Crippen molar-refractivity contribution in [1.82, 2.24) is 9.38 Å². The van der Waals surface area contributed by atoms with E-state index in [-0.39, 0.29) is 0 Å². The van der Waals surface area contributed by atoms with Gasteiger partial charge in [-0.15, -0.1) is 0 Å². The van der Waals surface area contributed by atoms with Crippen molar-refractivity contribution >= 4 is 17.0 Å². The SMILES string of the molecule is CCCC(C)c1cnc2c(Nc3ccccc3)cccn12. The summed E-state index contributed by atoms with van der Waals surface area (Å²) >= 11 is 0. The molecule has 2 heterocycles. The van der Waals surface area contributed by atoms with Crippen LogP contribution in [-0.4, -0.2) is 9.38 Å². The zero-order valence-corrected chi connectivity index (χ0v) is 12.6. The van der Waals surface area contributed by atoms with E-state index in [0.717, 1.165) is 17.0 Å². The summed E-state index contributed by atoms with van der Waals surface area (Å²) in [5.74, 6) is 0.525. The molecule has 0 fully saturated rings. The molecular formula is C18H21N3. The van der Waals surface area contributed by atoms with Crippen molar-refractivity contribution in [3.05, 3.63) is 60.6 Å². The fourth-order valence-corrected chi connectivity index (χ4v) is 2.75. The first-order chi connectivity index (χ1) is 10.3. The molecule has 0 saturated carbocycles. The summed E-state index contributed by atoms with van der Waals surface area (Å²) in [4.78, 5) is 4.62. The van der Waals surface area contributed by atoms with E-state index in [4.69, 9.17) is 0 Å². The summed E-state index contributed by atoms with van der Waals surface area (Å²) in [6.45, 7) is 4.49. The second kappa shape index (κ2) is 6.00. The predicted molar refractivity (Wildman–Crippen MR) is 88.2 cm³/mol. The standard InChI is InChI=1S/C18H21N3/c1-3-8-14(2)17-13-19-18-16(11-7-12-21(17)18)20-15-9-5-4-6-10-15/h4-7,9-14,20H,3,8H2,1-2H3. The van der Waals surface area contributed by atoms with Gasteiger partial charge in [-0.25, -0.2) is 4.98 Å². The largest absolute Gasteiger partial charge is 0.352 e. The predicted octanol–water partition coefficient (Wildman–Crippen LogP) is 4.98. The first-order valence-corrected chi connectivity index (χ1v) is 7.57. The fraction of sp³-hybridized carbons (Fsp3) is 0.278. The molecule has 0 spiro atoms. The van der Waals surface area contributed by atoms with Crippen LogP contribution in [0.2, 0.25) is 0 Å². The molecule has 0 bridgehead atoms. The molecule has 1 N–H and O–H groups in total. The summed E-state index contributed by atoms with van der Waals surface area (Å²) < 4.78 is 2.20. The zero-order valence-electron chi connectivity index (χ0n) is 12.6. The molecular weight excluding hydrogens is 258 g/mol. The Bertz CT molecular complexity index is 716. The van der Waals surface area contributed by atoms with Crippen LogP contribution in [0.1, 0.15) is 38.3 Å². The Morgan fingerprint density at radius 3 is 2.71 bits per heavy atom. The Morgan fingerprint density at radius 1 is 1.14 bits per heavy atom. The van der Waals surface area contributed by atoms with Crippen LogP contribution in [0.3, 0.4) is 0 Å². The van der Waals surface area contributed by atoms with Crippen molar-refractivity contribution in [2.45, 2.75) is 32.6 Å². The molecule has 1 unspecified atom stereocenters. The Hall–Kier alpha value is -2.29. The number of fused-ring (bicyclic) bond motifs is 1. The third-order valence-corrected chi connectivity index (χ3v) is 3.84. The van der Waals surface area contributed by atoms with Crippen molar-refractivity contribution in [1.29, 1.82) is 0 Å². The maximum atomic E-state index is 4.62. The van der Waals surface area contributed by atoms with E-state index >= 15 is 0 Å². The monoisotopic (exact) mass is 279 g/mol. The van der Waals surface area contributed by atoms with Crippen molar-refractivity contribution in [2.75, 3.05) is 5.32 Å². The highest BCUT2D eigenvalue weighted by Crippen LogP contribution is 2.26. The minimum Gasteiger partial charge on any atom is -0.352 e. The van der Waals surface area contributed by atoms with Gasteiger partial charge >= 0.3 is 0 Å². The quantitative estimate of drug-likeness (QED) is 0.713. The molecule has 0 aliphatic rings. The lowest BCUT2D eigenvalue weighted by Crippen LogP contribution is -2.00. The molecule has 3 aromatic rings. The number of benzene rings is 1. The Labute approximate surface area is 125 Å². The van der Waals surface area contributed by atoms with Gasteiger partial charge in [-0.3, -0.25) is 0 Å². The van der Waals surface area contributed by atoms with E-state index in [2.05, 4.69) is 59.0 Å². The molecule has 108 valence electrons. The number of aromatic nitrogens is 2. The summed E-state index contributed by atoms with van der Waals surface area (Å²) in [5, 5.41) is 3.45. The number of hydrogen-bond donors (Lipinski definition) is 1. The maximum absolute atomic E-state index is 4.62. The highest BCUT2D eigenvalue weighted by molar-refractivity contribution is 5.74. The lowest BCUT2D eigenvalue weighted by molar-refractivity contribution is 0.642. The summed E-state index contributed by atoms with van der Waals surface area (Å²) in [7, 11) is 0. The molecule has 3 heteroatoms. The Balaban J connectivity index is 1.98. The smallest absolute Gasteiger partial charge is 0.160 e. The maximum Gasteiger partial charge on any atom is 0.160 e. The molecule has 3 nitrogen and oxygen atoms in total. The molecule has 0 amide bonds. The van der Waals surface area contributed by atoms with E-state index in [0.29, 0.717) is 5.92 Å². The van der Waals surface area contributed by atoms with Gasteiger partial charge in [0, 0.05) is 23.8 Å². The molecule has 1 aromatic carbocycles. The third kappa shape index (κ3) is 2.77. The van der Waals surface area contributed by atoms with Crippen LogP contribution < -0.4 is 5.32 Å². The normalized spacial score (nSPS) is 12.5. The minimum atomic E-state index is 0.525. The van der Waals surface area contributed by atoms with E-state index in [1.54, 1.807) is 0 Å². The van der Waals surface area contributed by atoms with Crippen LogP contribution in [0, 0.1) is 0 Å². The number of para-hydroxylation sites is 1. The number of rotatable bonds is 5. The number of nitrogens with zero attached hydrogens (tertiary/aromatic N) is 2. The van der Waals surface area contributed by atoms with Crippen molar-refractivity contribution in [3.63, 3.8) is 0 Å². The van der Waals surface area contributed by atoms with Gasteiger partial charge in [0.2, 0.25) is 0 Å². The Kier molecular flexibility index (Phi) is 3.91. The number of nitrogens with one attached hydrogen (secondary N) is 1. The van der Waals surface area contributed by atoms with Gasteiger partial charge in [0.25, 0.3) is 0 Å². The number of imidazole rings is 1. The average molecular weight is 279 g/mol. The second-order valence-corrected chi connectivity index (χ2v) is 5.48. The van der Waals surface area contributed by atoms with E-state index < -0.39 is 0 Å². The Morgan fingerprint density at radius 2 is 1.95 bits per heavy atom. The zero-order chi connectivity index (χ0) is 14.7. The fourth-order valence-electron chi connectivity index (χ4n) is 2.75. The molecule has 0 aliphatic carbocycles. The lowest BCUT2D eigenvalue weighted by Gasteiger charge is -2.11. The topological polar surface area (TPSA) is 29.3 Å². The van der Waals surface area contributed by atoms with Gasteiger partial charge in [0.1, 0.15) is 0 Å². The van der Waals surface area contributed by atoms with Crippen LogP contribution in [0.25, 0.3) is 5.65 Å². The summed E-state index contributed by atoms with van der Waals surface area (Å²) in [5.41, 5.74) is 4.39. The van der Waals surface area contributed by atoms with Gasteiger partial charge in [0.15, 0.2) is 5.65 Å². The van der Waals surface area contributed by atoms with Crippen LogP contribution in [0.4, 0.5) is 11.4 Å². The van der Waals surface area contributed by atoms with Crippen LogP contribution in [0.5, 0.6) is 0 Å². The van der Waals surface area contributed by atoms with Gasteiger partial charge < -0.3 is 9.72 Å². The van der Waals surface area contributed by atoms with Gasteiger partial charge in [0.05, 0.1) is 5.69 Å². The van der Waals surface area contributed by atoms with E-state index in [1.807, 2.05) is 24.4 Å². The number of hydrogen-bond acceptors (Lipinski definition) is 2. The molecule has 1 atom stereocenters. The molecule has 0 saturated heterocycles. The molecule has 0 radical (unpaired) electrons. The third-order valence-electron chi connectivity index (χ3n) is 3.84. The molecule has 2 aromatic heterocycles. The first-order valence-electron chi connectivity index (χ1n) is 7.57. The lowest BCUT2D eigenvalue weighted by atomic mass is 10.0. The second-order valence-electron chi connectivity index (χ2n) is 5.48. The average Bonchev–Trinajstić information content (AvgIpc) is 2.94. The summed E-state index contributed by atoms with van der Waals surface area (Å²) in [6, 6.07) is 14.4. The van der Waals surface area contributed by atoms with E-state index in [9.17, 15) is 0 Å².